The van der Waals surface area contributed by atoms with Crippen LogP contribution in [0.1, 0.15) is 32.6 Å². The number of rotatable bonds is 2. The Balaban J connectivity index is 1.51. The highest BCUT2D eigenvalue weighted by atomic mass is 16.2. The van der Waals surface area contributed by atoms with Crippen molar-refractivity contribution in [2.75, 3.05) is 32.7 Å². The highest BCUT2D eigenvalue weighted by Gasteiger charge is 2.44. The van der Waals surface area contributed by atoms with Crippen molar-refractivity contribution >= 4 is 11.9 Å². The van der Waals surface area contributed by atoms with Crippen molar-refractivity contribution < 1.29 is 9.59 Å². The van der Waals surface area contributed by atoms with Crippen molar-refractivity contribution in [2.24, 2.45) is 17.8 Å². The van der Waals surface area contributed by atoms with Gasteiger partial charge in [0.1, 0.15) is 0 Å². The molecule has 0 aromatic rings. The van der Waals surface area contributed by atoms with Gasteiger partial charge in [-0.25, -0.2) is 4.79 Å². The molecule has 112 valence electrons. The van der Waals surface area contributed by atoms with Gasteiger partial charge < -0.3 is 15.1 Å². The van der Waals surface area contributed by atoms with Crippen molar-refractivity contribution in [2.45, 2.75) is 32.6 Å². The predicted octanol–water partition coefficient (Wildman–Crippen LogP) is 1.30. The Morgan fingerprint density at radius 1 is 1.05 bits per heavy atom. The molecule has 1 aliphatic heterocycles. The number of hydrogen-bond acceptors (Lipinski definition) is 2. The van der Waals surface area contributed by atoms with E-state index >= 15 is 0 Å². The summed E-state index contributed by atoms with van der Waals surface area (Å²) in [7, 11) is 0. The molecule has 2 bridgehead atoms. The number of amides is 3. The molecule has 0 spiro atoms. The standard InChI is InChI=1S/C15H25N3O2/c1-2-16-15(20)18-7-5-17(6-8-18)14(19)13-10-11-3-4-12(13)9-11/h11-13H,2-10H2,1H3,(H,16,20). The number of hydrogen-bond donors (Lipinski definition) is 1. The first-order chi connectivity index (χ1) is 9.69. The van der Waals surface area contributed by atoms with E-state index in [1.165, 1.54) is 19.3 Å². The molecule has 0 aromatic carbocycles. The molecular formula is C15H25N3O2. The van der Waals surface area contributed by atoms with Gasteiger partial charge in [-0.2, -0.15) is 0 Å². The van der Waals surface area contributed by atoms with E-state index in [1.54, 1.807) is 0 Å². The Bertz CT molecular complexity index is 391. The summed E-state index contributed by atoms with van der Waals surface area (Å²) in [5.74, 6) is 2.09. The van der Waals surface area contributed by atoms with Gasteiger partial charge in [0.15, 0.2) is 0 Å². The number of fused-ring (bicyclic) bond motifs is 2. The molecule has 20 heavy (non-hydrogen) atoms. The first-order valence-corrected chi connectivity index (χ1v) is 8.00. The number of carbonyl (C=O) groups is 2. The largest absolute Gasteiger partial charge is 0.339 e. The fourth-order valence-corrected chi connectivity index (χ4v) is 4.17. The maximum absolute atomic E-state index is 12.6. The molecule has 1 saturated heterocycles. The molecule has 2 saturated carbocycles. The minimum absolute atomic E-state index is 0.000442. The van der Waals surface area contributed by atoms with Crippen LogP contribution < -0.4 is 5.32 Å². The fraction of sp³-hybridized carbons (Fsp3) is 0.867. The van der Waals surface area contributed by atoms with Crippen LogP contribution in [0.15, 0.2) is 0 Å². The van der Waals surface area contributed by atoms with Gasteiger partial charge in [-0.3, -0.25) is 4.79 Å². The highest BCUT2D eigenvalue weighted by molar-refractivity contribution is 5.80. The Morgan fingerprint density at radius 2 is 1.75 bits per heavy atom. The second kappa shape index (κ2) is 5.62. The first-order valence-electron chi connectivity index (χ1n) is 8.00. The molecule has 3 unspecified atom stereocenters. The SMILES string of the molecule is CCNC(=O)N1CCN(C(=O)C2CC3CCC2C3)CC1. The van der Waals surface area contributed by atoms with Crippen molar-refractivity contribution in [1.82, 2.24) is 15.1 Å². The molecular weight excluding hydrogens is 254 g/mol. The van der Waals surface area contributed by atoms with E-state index in [1.807, 2.05) is 16.7 Å². The van der Waals surface area contributed by atoms with Gasteiger partial charge in [-0.1, -0.05) is 6.42 Å². The van der Waals surface area contributed by atoms with E-state index in [2.05, 4.69) is 5.32 Å². The summed E-state index contributed by atoms with van der Waals surface area (Å²) in [5, 5.41) is 2.82. The zero-order chi connectivity index (χ0) is 14.1. The van der Waals surface area contributed by atoms with Gasteiger partial charge in [0.25, 0.3) is 0 Å². The number of carbonyl (C=O) groups excluding carboxylic acids is 2. The third-order valence-electron chi connectivity index (χ3n) is 5.26. The van der Waals surface area contributed by atoms with Crippen LogP contribution in [0.3, 0.4) is 0 Å². The van der Waals surface area contributed by atoms with Crippen LogP contribution in [0.25, 0.3) is 0 Å². The third-order valence-corrected chi connectivity index (χ3v) is 5.26. The third kappa shape index (κ3) is 2.50. The van der Waals surface area contributed by atoms with Gasteiger partial charge in [-0.15, -0.1) is 0 Å². The van der Waals surface area contributed by atoms with Crippen LogP contribution in [0.5, 0.6) is 0 Å². The number of nitrogens with zero attached hydrogens (tertiary/aromatic N) is 2. The lowest BCUT2D eigenvalue weighted by Gasteiger charge is -2.37. The highest BCUT2D eigenvalue weighted by Crippen LogP contribution is 2.48. The molecule has 3 rings (SSSR count). The maximum atomic E-state index is 12.6. The Kier molecular flexibility index (Phi) is 3.85. The van der Waals surface area contributed by atoms with Gasteiger partial charge in [0.2, 0.25) is 5.91 Å². The zero-order valence-electron chi connectivity index (χ0n) is 12.3. The number of nitrogens with one attached hydrogen (secondary N) is 1. The Morgan fingerprint density at radius 3 is 2.30 bits per heavy atom. The van der Waals surface area contributed by atoms with Crippen molar-refractivity contribution in [1.29, 1.82) is 0 Å². The summed E-state index contributed by atoms with van der Waals surface area (Å²) >= 11 is 0. The molecule has 5 nitrogen and oxygen atoms in total. The first kappa shape index (κ1) is 13.7. The van der Waals surface area contributed by atoms with Crippen LogP contribution in [0, 0.1) is 17.8 Å². The minimum Gasteiger partial charge on any atom is -0.339 e. The normalized spacial score (nSPS) is 32.5. The average molecular weight is 279 g/mol. The summed E-state index contributed by atoms with van der Waals surface area (Å²) in [5.41, 5.74) is 0. The maximum Gasteiger partial charge on any atom is 0.317 e. The van der Waals surface area contributed by atoms with Crippen molar-refractivity contribution in [3.8, 4) is 0 Å². The van der Waals surface area contributed by atoms with Gasteiger partial charge in [0, 0.05) is 38.6 Å². The van der Waals surface area contributed by atoms with Crippen LogP contribution in [0.2, 0.25) is 0 Å². The summed E-state index contributed by atoms with van der Waals surface area (Å²) in [6.45, 7) is 5.31. The lowest BCUT2D eigenvalue weighted by atomic mass is 9.87. The Labute approximate surface area is 120 Å². The van der Waals surface area contributed by atoms with Gasteiger partial charge in [-0.05, 0) is 38.0 Å². The Hall–Kier alpha value is -1.26. The van der Waals surface area contributed by atoms with Crippen LogP contribution >= 0.6 is 0 Å². The van der Waals surface area contributed by atoms with E-state index in [-0.39, 0.29) is 11.9 Å². The molecule has 2 aliphatic carbocycles. The zero-order valence-corrected chi connectivity index (χ0v) is 12.3. The number of urea groups is 1. The van der Waals surface area contributed by atoms with Crippen LogP contribution in [-0.2, 0) is 4.79 Å². The molecule has 3 amide bonds. The fourth-order valence-electron chi connectivity index (χ4n) is 4.17. The van der Waals surface area contributed by atoms with Gasteiger partial charge >= 0.3 is 6.03 Å². The topological polar surface area (TPSA) is 52.7 Å². The lowest BCUT2D eigenvalue weighted by molar-refractivity contribution is -0.138. The molecule has 0 radical (unpaired) electrons. The number of piperazine rings is 1. The average Bonchev–Trinajstić information content (AvgIpc) is 3.09. The molecule has 1 N–H and O–H groups in total. The molecule has 5 heteroatoms. The second-order valence-corrected chi connectivity index (χ2v) is 6.43. The van der Waals surface area contributed by atoms with Gasteiger partial charge in [0.05, 0.1) is 0 Å². The summed E-state index contributed by atoms with van der Waals surface area (Å²) in [6, 6.07) is -0.000442. The quantitative estimate of drug-likeness (QED) is 0.828. The summed E-state index contributed by atoms with van der Waals surface area (Å²) in [4.78, 5) is 28.1. The molecule has 1 heterocycles. The van der Waals surface area contributed by atoms with E-state index < -0.39 is 0 Å². The molecule has 3 fully saturated rings. The molecule has 0 aromatic heterocycles. The smallest absolute Gasteiger partial charge is 0.317 e. The molecule has 3 aliphatic rings. The molecule has 3 atom stereocenters. The van der Waals surface area contributed by atoms with Crippen molar-refractivity contribution in [3.05, 3.63) is 0 Å². The predicted molar refractivity (Wildman–Crippen MR) is 76.2 cm³/mol. The van der Waals surface area contributed by atoms with Crippen LogP contribution in [0.4, 0.5) is 4.79 Å². The second-order valence-electron chi connectivity index (χ2n) is 6.43. The van der Waals surface area contributed by atoms with E-state index in [0.29, 0.717) is 44.5 Å². The van der Waals surface area contributed by atoms with E-state index in [0.717, 1.165) is 12.3 Å². The monoisotopic (exact) mass is 279 g/mol. The van der Waals surface area contributed by atoms with Crippen molar-refractivity contribution in [3.63, 3.8) is 0 Å². The van der Waals surface area contributed by atoms with E-state index in [4.69, 9.17) is 0 Å². The minimum atomic E-state index is -0.000442. The van der Waals surface area contributed by atoms with Crippen LogP contribution in [-0.4, -0.2) is 54.5 Å². The summed E-state index contributed by atoms with van der Waals surface area (Å²) in [6.07, 6.45) is 4.97. The lowest BCUT2D eigenvalue weighted by Crippen LogP contribution is -2.54. The van der Waals surface area contributed by atoms with E-state index in [9.17, 15) is 9.59 Å². The summed E-state index contributed by atoms with van der Waals surface area (Å²) < 4.78 is 0.